The zero-order valence-electron chi connectivity index (χ0n) is 8.33. The van der Waals surface area contributed by atoms with E-state index in [4.69, 9.17) is 5.11 Å². The number of aliphatic hydroxyl groups is 1. The Hall–Kier alpha value is -0.380. The Morgan fingerprint density at radius 1 is 1.50 bits per heavy atom. The summed E-state index contributed by atoms with van der Waals surface area (Å²) in [5.74, 6) is 0. The van der Waals surface area contributed by atoms with Crippen LogP contribution in [0, 0.1) is 0 Å². The molecule has 1 unspecified atom stereocenters. The number of aliphatic hydroxyl groups excluding tert-OH is 1. The summed E-state index contributed by atoms with van der Waals surface area (Å²) in [6.45, 7) is 2.98. The smallest absolute Gasteiger partial charge is 0.0556 e. The average Bonchev–Trinajstić information content (AvgIpc) is 2.15. The second-order valence-electron chi connectivity index (χ2n) is 3.41. The third-order valence-corrected chi connectivity index (χ3v) is 2.53. The molecule has 0 aliphatic carbocycles. The molecule has 0 bridgehead atoms. The molecule has 0 saturated heterocycles. The first-order valence-electron chi connectivity index (χ1n) is 4.81. The van der Waals surface area contributed by atoms with Crippen LogP contribution < -0.4 is 5.32 Å². The fourth-order valence-corrected chi connectivity index (χ4v) is 1.85. The number of nitrogens with one attached hydrogen (secondary N) is 1. The van der Waals surface area contributed by atoms with Crippen LogP contribution in [0.15, 0.2) is 28.7 Å². The van der Waals surface area contributed by atoms with E-state index in [-0.39, 0.29) is 6.61 Å². The lowest BCUT2D eigenvalue weighted by molar-refractivity contribution is 0.285. The van der Waals surface area contributed by atoms with E-state index in [0.717, 1.165) is 10.9 Å². The largest absolute Gasteiger partial charge is 0.395 e. The van der Waals surface area contributed by atoms with Crippen molar-refractivity contribution in [3.05, 3.63) is 34.3 Å². The maximum absolute atomic E-state index is 8.66. The van der Waals surface area contributed by atoms with Crippen LogP contribution in [-0.4, -0.2) is 24.3 Å². The summed E-state index contributed by atoms with van der Waals surface area (Å²) in [6, 6.07) is 8.70. The highest BCUT2D eigenvalue weighted by Gasteiger charge is 2.02. The Morgan fingerprint density at radius 3 is 2.93 bits per heavy atom. The van der Waals surface area contributed by atoms with Gasteiger partial charge in [0, 0.05) is 17.1 Å². The maximum Gasteiger partial charge on any atom is 0.0556 e. The van der Waals surface area contributed by atoms with Crippen LogP contribution in [-0.2, 0) is 6.42 Å². The minimum Gasteiger partial charge on any atom is -0.395 e. The first-order chi connectivity index (χ1) is 6.72. The van der Waals surface area contributed by atoms with Gasteiger partial charge in [0.2, 0.25) is 0 Å². The molecule has 14 heavy (non-hydrogen) atoms. The molecule has 0 radical (unpaired) electrons. The lowest BCUT2D eigenvalue weighted by Crippen LogP contribution is -2.30. The molecule has 0 aliphatic rings. The molecule has 0 saturated carbocycles. The number of rotatable bonds is 5. The number of hydrogen-bond donors (Lipinski definition) is 2. The van der Waals surface area contributed by atoms with E-state index < -0.39 is 0 Å². The standard InChI is InChI=1S/C11H16BrNO/c1-9(13-5-6-14)7-10-3-2-4-11(12)8-10/h2-4,8-9,13-14H,5-7H2,1H3. The quantitative estimate of drug-likeness (QED) is 0.846. The molecule has 1 atom stereocenters. The number of benzene rings is 1. The normalized spacial score (nSPS) is 12.8. The molecule has 2 nitrogen and oxygen atoms in total. The van der Waals surface area contributed by atoms with Gasteiger partial charge in [-0.15, -0.1) is 0 Å². The molecule has 1 aromatic carbocycles. The molecule has 0 aliphatic heterocycles. The summed E-state index contributed by atoms with van der Waals surface area (Å²) in [5, 5.41) is 11.9. The van der Waals surface area contributed by atoms with Crippen LogP contribution >= 0.6 is 15.9 Å². The second-order valence-corrected chi connectivity index (χ2v) is 4.33. The molecule has 0 amide bonds. The van der Waals surface area contributed by atoms with Crippen LogP contribution in [0.25, 0.3) is 0 Å². The molecule has 1 rings (SSSR count). The minimum absolute atomic E-state index is 0.197. The summed E-state index contributed by atoms with van der Waals surface area (Å²) in [4.78, 5) is 0. The van der Waals surface area contributed by atoms with Gasteiger partial charge in [-0.3, -0.25) is 0 Å². The maximum atomic E-state index is 8.66. The summed E-state index contributed by atoms with van der Waals surface area (Å²) >= 11 is 3.44. The topological polar surface area (TPSA) is 32.3 Å². The Balaban J connectivity index is 2.43. The Bertz CT molecular complexity index is 278. The molecular formula is C11H16BrNO. The highest BCUT2D eigenvalue weighted by atomic mass is 79.9. The van der Waals surface area contributed by atoms with Crippen molar-refractivity contribution in [2.45, 2.75) is 19.4 Å². The Labute approximate surface area is 93.5 Å². The minimum atomic E-state index is 0.197. The van der Waals surface area contributed by atoms with Crippen molar-refractivity contribution in [1.29, 1.82) is 0 Å². The van der Waals surface area contributed by atoms with E-state index in [1.54, 1.807) is 0 Å². The highest BCUT2D eigenvalue weighted by Crippen LogP contribution is 2.12. The van der Waals surface area contributed by atoms with Gasteiger partial charge >= 0.3 is 0 Å². The van der Waals surface area contributed by atoms with Gasteiger partial charge in [0.15, 0.2) is 0 Å². The van der Waals surface area contributed by atoms with Crippen molar-refractivity contribution >= 4 is 15.9 Å². The Morgan fingerprint density at radius 2 is 2.29 bits per heavy atom. The number of halogens is 1. The summed E-state index contributed by atoms with van der Waals surface area (Å²) in [6.07, 6.45) is 0.986. The SMILES string of the molecule is CC(Cc1cccc(Br)c1)NCCO. The molecule has 3 heteroatoms. The molecular weight excluding hydrogens is 242 g/mol. The van der Waals surface area contributed by atoms with Crippen LogP contribution in [0.4, 0.5) is 0 Å². The predicted molar refractivity (Wildman–Crippen MR) is 62.4 cm³/mol. The van der Waals surface area contributed by atoms with E-state index in [0.29, 0.717) is 12.6 Å². The summed E-state index contributed by atoms with van der Waals surface area (Å²) in [5.41, 5.74) is 1.30. The first-order valence-corrected chi connectivity index (χ1v) is 5.60. The fraction of sp³-hybridized carbons (Fsp3) is 0.455. The van der Waals surface area contributed by atoms with Crippen LogP contribution in [0.2, 0.25) is 0 Å². The van der Waals surface area contributed by atoms with Crippen molar-refractivity contribution in [2.24, 2.45) is 0 Å². The molecule has 0 fully saturated rings. The molecule has 0 aromatic heterocycles. The number of hydrogen-bond acceptors (Lipinski definition) is 2. The van der Waals surface area contributed by atoms with Gasteiger partial charge in [-0.05, 0) is 31.0 Å². The van der Waals surface area contributed by atoms with Crippen molar-refractivity contribution in [3.63, 3.8) is 0 Å². The predicted octanol–water partition coefficient (Wildman–Crippen LogP) is 1.96. The monoisotopic (exact) mass is 257 g/mol. The van der Waals surface area contributed by atoms with E-state index in [1.807, 2.05) is 12.1 Å². The molecule has 78 valence electrons. The molecule has 0 spiro atoms. The fourth-order valence-electron chi connectivity index (χ4n) is 1.40. The van der Waals surface area contributed by atoms with E-state index in [9.17, 15) is 0 Å². The lowest BCUT2D eigenvalue weighted by Gasteiger charge is -2.12. The van der Waals surface area contributed by atoms with Crippen molar-refractivity contribution in [3.8, 4) is 0 Å². The Kier molecular flexibility index (Phi) is 5.15. The van der Waals surface area contributed by atoms with Gasteiger partial charge in [0.25, 0.3) is 0 Å². The highest BCUT2D eigenvalue weighted by molar-refractivity contribution is 9.10. The molecule has 1 aromatic rings. The first kappa shape index (κ1) is 11.7. The van der Waals surface area contributed by atoms with Gasteiger partial charge in [-0.1, -0.05) is 28.1 Å². The summed E-state index contributed by atoms with van der Waals surface area (Å²) in [7, 11) is 0. The van der Waals surface area contributed by atoms with E-state index >= 15 is 0 Å². The van der Waals surface area contributed by atoms with Gasteiger partial charge in [-0.25, -0.2) is 0 Å². The zero-order chi connectivity index (χ0) is 10.4. The van der Waals surface area contributed by atoms with E-state index in [1.165, 1.54) is 5.56 Å². The average molecular weight is 258 g/mol. The third kappa shape index (κ3) is 4.22. The van der Waals surface area contributed by atoms with Crippen molar-refractivity contribution in [2.75, 3.05) is 13.2 Å². The van der Waals surface area contributed by atoms with Crippen molar-refractivity contribution in [1.82, 2.24) is 5.32 Å². The second kappa shape index (κ2) is 6.17. The van der Waals surface area contributed by atoms with Crippen LogP contribution in [0.1, 0.15) is 12.5 Å². The van der Waals surface area contributed by atoms with Gasteiger partial charge < -0.3 is 10.4 Å². The summed E-state index contributed by atoms with van der Waals surface area (Å²) < 4.78 is 1.12. The molecule has 2 N–H and O–H groups in total. The lowest BCUT2D eigenvalue weighted by atomic mass is 10.1. The van der Waals surface area contributed by atoms with Crippen LogP contribution in [0.3, 0.4) is 0 Å². The van der Waals surface area contributed by atoms with Crippen LogP contribution in [0.5, 0.6) is 0 Å². The zero-order valence-corrected chi connectivity index (χ0v) is 9.92. The third-order valence-electron chi connectivity index (χ3n) is 2.04. The van der Waals surface area contributed by atoms with Crippen molar-refractivity contribution < 1.29 is 5.11 Å². The molecule has 0 heterocycles. The van der Waals surface area contributed by atoms with Gasteiger partial charge in [0.05, 0.1) is 6.61 Å². The van der Waals surface area contributed by atoms with Gasteiger partial charge in [-0.2, -0.15) is 0 Å². The van der Waals surface area contributed by atoms with E-state index in [2.05, 4.69) is 40.3 Å². The van der Waals surface area contributed by atoms with Gasteiger partial charge in [0.1, 0.15) is 0 Å².